The number of thioether (sulfide) groups is 1. The third-order valence-corrected chi connectivity index (χ3v) is 5.54. The minimum Gasteiger partial charge on any atom is -0.329 e. The van der Waals surface area contributed by atoms with Crippen LogP contribution < -0.4 is 5.73 Å². The Morgan fingerprint density at radius 2 is 2.12 bits per heavy atom. The van der Waals surface area contributed by atoms with Crippen molar-refractivity contribution in [1.29, 1.82) is 0 Å². The van der Waals surface area contributed by atoms with E-state index in [0.29, 0.717) is 17.5 Å². The molecule has 0 aromatic heterocycles. The molecule has 2 unspecified atom stereocenters. The third-order valence-electron chi connectivity index (χ3n) is 4.49. The minimum atomic E-state index is 0.461. The van der Waals surface area contributed by atoms with Gasteiger partial charge < -0.3 is 5.73 Å². The van der Waals surface area contributed by atoms with Gasteiger partial charge in [0.25, 0.3) is 0 Å². The van der Waals surface area contributed by atoms with Crippen molar-refractivity contribution in [1.82, 2.24) is 4.90 Å². The molecule has 3 heteroatoms. The van der Waals surface area contributed by atoms with Gasteiger partial charge in [0.15, 0.2) is 0 Å². The van der Waals surface area contributed by atoms with Gasteiger partial charge in [0.2, 0.25) is 0 Å². The van der Waals surface area contributed by atoms with Crippen LogP contribution in [0, 0.1) is 11.3 Å². The minimum absolute atomic E-state index is 0.461. The van der Waals surface area contributed by atoms with Gasteiger partial charge in [0, 0.05) is 24.4 Å². The fourth-order valence-electron chi connectivity index (χ4n) is 2.99. The van der Waals surface area contributed by atoms with E-state index in [1.165, 1.54) is 30.8 Å². The highest BCUT2D eigenvalue weighted by atomic mass is 32.2. The molecule has 1 aliphatic heterocycles. The van der Waals surface area contributed by atoms with Gasteiger partial charge in [-0.1, -0.05) is 13.8 Å². The molecule has 1 aliphatic carbocycles. The number of nitrogens with zero attached hydrogens (tertiary/aromatic N) is 1. The van der Waals surface area contributed by atoms with E-state index in [2.05, 4.69) is 37.6 Å². The summed E-state index contributed by atoms with van der Waals surface area (Å²) >= 11 is 2.11. The number of hydrogen-bond acceptors (Lipinski definition) is 3. The maximum atomic E-state index is 5.96. The van der Waals surface area contributed by atoms with Crippen LogP contribution in [0.5, 0.6) is 0 Å². The van der Waals surface area contributed by atoms with E-state index in [0.717, 1.165) is 12.5 Å². The van der Waals surface area contributed by atoms with E-state index in [-0.39, 0.29) is 0 Å². The Hall–Kier alpha value is 0.270. The molecule has 2 aliphatic rings. The van der Waals surface area contributed by atoms with Gasteiger partial charge in [-0.05, 0) is 43.4 Å². The molecule has 0 aromatic rings. The van der Waals surface area contributed by atoms with Crippen LogP contribution in [0.15, 0.2) is 0 Å². The van der Waals surface area contributed by atoms with E-state index in [1.54, 1.807) is 0 Å². The van der Waals surface area contributed by atoms with Crippen molar-refractivity contribution in [2.75, 3.05) is 25.1 Å². The molecule has 1 saturated heterocycles. The van der Waals surface area contributed by atoms with E-state index in [1.807, 2.05) is 0 Å². The summed E-state index contributed by atoms with van der Waals surface area (Å²) in [7, 11) is 2.30. The molecule has 1 heterocycles. The van der Waals surface area contributed by atoms with Crippen molar-refractivity contribution < 1.29 is 0 Å². The van der Waals surface area contributed by atoms with Crippen LogP contribution in [0.25, 0.3) is 0 Å². The lowest BCUT2D eigenvalue weighted by Crippen LogP contribution is -2.54. The molecule has 0 radical (unpaired) electrons. The second kappa shape index (κ2) is 4.87. The Labute approximate surface area is 104 Å². The van der Waals surface area contributed by atoms with Crippen molar-refractivity contribution in [3.63, 3.8) is 0 Å². The lowest BCUT2D eigenvalue weighted by Gasteiger charge is -2.46. The molecular weight excluding hydrogens is 216 g/mol. The Kier molecular flexibility index (Phi) is 3.87. The van der Waals surface area contributed by atoms with Crippen molar-refractivity contribution in [2.45, 2.75) is 45.2 Å². The van der Waals surface area contributed by atoms with E-state index < -0.39 is 0 Å². The standard InChI is InChI=1S/C13H26N2S/c1-13(2)6-7-16-9-12(13)15(3)11(8-14)10-4-5-10/h10-12H,4-9,14H2,1-3H3. The zero-order chi connectivity index (χ0) is 11.8. The van der Waals surface area contributed by atoms with Gasteiger partial charge >= 0.3 is 0 Å². The molecule has 0 aromatic carbocycles. The number of nitrogens with two attached hydrogens (primary N) is 1. The number of hydrogen-bond donors (Lipinski definition) is 1. The van der Waals surface area contributed by atoms with Crippen LogP contribution in [0.3, 0.4) is 0 Å². The second-order valence-corrected chi connectivity index (χ2v) is 7.29. The smallest absolute Gasteiger partial charge is 0.0247 e. The van der Waals surface area contributed by atoms with Crippen LogP contribution in [0.1, 0.15) is 33.1 Å². The SMILES string of the molecule is CN(C(CN)C1CC1)C1CSCCC1(C)C. The van der Waals surface area contributed by atoms with E-state index >= 15 is 0 Å². The van der Waals surface area contributed by atoms with Crippen molar-refractivity contribution >= 4 is 11.8 Å². The lowest BCUT2D eigenvalue weighted by molar-refractivity contribution is 0.0770. The van der Waals surface area contributed by atoms with Crippen LogP contribution >= 0.6 is 11.8 Å². The first kappa shape index (κ1) is 12.7. The van der Waals surface area contributed by atoms with Gasteiger partial charge in [0.05, 0.1) is 0 Å². The number of likely N-dealkylation sites (N-methyl/N-ethyl adjacent to an activating group) is 1. The molecular formula is C13H26N2S. The number of rotatable bonds is 4. The predicted octanol–water partition coefficient (Wildman–Crippen LogP) is 2.19. The Bertz CT molecular complexity index is 238. The van der Waals surface area contributed by atoms with Crippen molar-refractivity contribution in [3.05, 3.63) is 0 Å². The summed E-state index contributed by atoms with van der Waals surface area (Å²) in [5.74, 6) is 3.50. The maximum absolute atomic E-state index is 5.96. The molecule has 1 saturated carbocycles. The Morgan fingerprint density at radius 3 is 2.62 bits per heavy atom. The van der Waals surface area contributed by atoms with Gasteiger partial charge in [-0.25, -0.2) is 0 Å². The zero-order valence-corrected chi connectivity index (χ0v) is 11.7. The largest absolute Gasteiger partial charge is 0.329 e. The highest BCUT2D eigenvalue weighted by Gasteiger charge is 2.41. The lowest BCUT2D eigenvalue weighted by atomic mass is 9.81. The van der Waals surface area contributed by atoms with Crippen LogP contribution in [-0.2, 0) is 0 Å². The summed E-state index contributed by atoms with van der Waals surface area (Å²) in [6.45, 7) is 5.68. The Balaban J connectivity index is 2.03. The van der Waals surface area contributed by atoms with Crippen LogP contribution in [0.4, 0.5) is 0 Å². The average Bonchev–Trinajstić information content (AvgIpc) is 3.02. The molecule has 2 N–H and O–H groups in total. The first-order chi connectivity index (χ1) is 7.56. The third kappa shape index (κ3) is 2.57. The summed E-state index contributed by atoms with van der Waals surface area (Å²) in [6.07, 6.45) is 4.13. The van der Waals surface area contributed by atoms with Gasteiger partial charge in [-0.15, -0.1) is 0 Å². The zero-order valence-electron chi connectivity index (χ0n) is 10.9. The first-order valence-corrected chi connectivity index (χ1v) is 7.71. The highest BCUT2D eigenvalue weighted by Crippen LogP contribution is 2.41. The van der Waals surface area contributed by atoms with Gasteiger partial charge in [-0.3, -0.25) is 4.90 Å². The highest BCUT2D eigenvalue weighted by molar-refractivity contribution is 7.99. The second-order valence-electron chi connectivity index (χ2n) is 6.14. The monoisotopic (exact) mass is 242 g/mol. The topological polar surface area (TPSA) is 29.3 Å². The molecule has 0 spiro atoms. The fourth-order valence-corrected chi connectivity index (χ4v) is 4.74. The van der Waals surface area contributed by atoms with Crippen molar-refractivity contribution in [3.8, 4) is 0 Å². The molecule has 16 heavy (non-hydrogen) atoms. The molecule has 2 nitrogen and oxygen atoms in total. The molecule has 0 bridgehead atoms. The summed E-state index contributed by atoms with van der Waals surface area (Å²) in [5, 5.41) is 0. The van der Waals surface area contributed by atoms with Crippen LogP contribution in [-0.4, -0.2) is 42.1 Å². The first-order valence-electron chi connectivity index (χ1n) is 6.56. The normalized spacial score (nSPS) is 31.7. The molecule has 2 rings (SSSR count). The molecule has 0 amide bonds. The molecule has 2 atom stereocenters. The van der Waals surface area contributed by atoms with Gasteiger partial charge in [0.1, 0.15) is 0 Å². The molecule has 94 valence electrons. The summed E-state index contributed by atoms with van der Waals surface area (Å²) < 4.78 is 0. The summed E-state index contributed by atoms with van der Waals surface area (Å²) in [6, 6.07) is 1.34. The summed E-state index contributed by atoms with van der Waals surface area (Å²) in [4.78, 5) is 2.60. The average molecular weight is 242 g/mol. The predicted molar refractivity (Wildman–Crippen MR) is 72.8 cm³/mol. The Morgan fingerprint density at radius 1 is 1.44 bits per heavy atom. The van der Waals surface area contributed by atoms with Crippen LogP contribution in [0.2, 0.25) is 0 Å². The summed E-state index contributed by atoms with van der Waals surface area (Å²) in [5.41, 5.74) is 6.42. The van der Waals surface area contributed by atoms with E-state index in [9.17, 15) is 0 Å². The quantitative estimate of drug-likeness (QED) is 0.819. The van der Waals surface area contributed by atoms with Gasteiger partial charge in [-0.2, -0.15) is 11.8 Å². The fraction of sp³-hybridized carbons (Fsp3) is 1.00. The molecule has 2 fully saturated rings. The maximum Gasteiger partial charge on any atom is 0.0247 e. The van der Waals surface area contributed by atoms with Crippen molar-refractivity contribution in [2.24, 2.45) is 17.1 Å². The van der Waals surface area contributed by atoms with E-state index in [4.69, 9.17) is 5.73 Å².